The van der Waals surface area contributed by atoms with E-state index in [9.17, 15) is 9.18 Å². The van der Waals surface area contributed by atoms with Crippen LogP contribution < -0.4 is 5.32 Å². The first kappa shape index (κ1) is 13.2. The summed E-state index contributed by atoms with van der Waals surface area (Å²) in [7, 11) is 0. The van der Waals surface area contributed by atoms with E-state index in [4.69, 9.17) is 0 Å². The molecule has 0 aliphatic rings. The SMILES string of the molecule is O=C(NCc1ccc2ccccc2n1)c1ccc(F)cc1. The van der Waals surface area contributed by atoms with Gasteiger partial charge in [-0.15, -0.1) is 0 Å². The Bertz CT molecular complexity index is 784. The van der Waals surface area contributed by atoms with Crippen LogP contribution in [-0.4, -0.2) is 10.9 Å². The van der Waals surface area contributed by atoms with Gasteiger partial charge in [0.05, 0.1) is 17.8 Å². The van der Waals surface area contributed by atoms with E-state index in [1.54, 1.807) is 0 Å². The third-order valence-corrected chi connectivity index (χ3v) is 3.19. The number of hydrogen-bond donors (Lipinski definition) is 1. The smallest absolute Gasteiger partial charge is 0.251 e. The Labute approximate surface area is 121 Å². The van der Waals surface area contributed by atoms with E-state index in [1.807, 2.05) is 36.4 Å². The van der Waals surface area contributed by atoms with Gasteiger partial charge in [-0.1, -0.05) is 24.3 Å². The Morgan fingerprint density at radius 2 is 1.76 bits per heavy atom. The summed E-state index contributed by atoms with van der Waals surface area (Å²) in [6.45, 7) is 0.334. The van der Waals surface area contributed by atoms with Crippen molar-refractivity contribution in [2.24, 2.45) is 0 Å². The minimum Gasteiger partial charge on any atom is -0.346 e. The van der Waals surface area contributed by atoms with Crippen molar-refractivity contribution in [3.05, 3.63) is 77.7 Å². The van der Waals surface area contributed by atoms with Crippen LogP contribution in [0.3, 0.4) is 0 Å². The maximum absolute atomic E-state index is 12.8. The lowest BCUT2D eigenvalue weighted by Gasteiger charge is -2.06. The van der Waals surface area contributed by atoms with Crippen molar-refractivity contribution in [2.45, 2.75) is 6.54 Å². The number of carbonyl (C=O) groups is 1. The fourth-order valence-corrected chi connectivity index (χ4v) is 2.08. The van der Waals surface area contributed by atoms with Gasteiger partial charge in [0, 0.05) is 10.9 Å². The Kier molecular flexibility index (Phi) is 3.60. The number of nitrogens with zero attached hydrogens (tertiary/aromatic N) is 1. The second-order valence-corrected chi connectivity index (χ2v) is 4.68. The number of fused-ring (bicyclic) bond motifs is 1. The zero-order valence-corrected chi connectivity index (χ0v) is 11.2. The first-order valence-corrected chi connectivity index (χ1v) is 6.61. The van der Waals surface area contributed by atoms with Crippen LogP contribution in [0.5, 0.6) is 0 Å². The first-order valence-electron chi connectivity index (χ1n) is 6.61. The van der Waals surface area contributed by atoms with E-state index >= 15 is 0 Å². The molecule has 0 unspecified atom stereocenters. The fraction of sp³-hybridized carbons (Fsp3) is 0.0588. The van der Waals surface area contributed by atoms with Gasteiger partial charge in [-0.25, -0.2) is 4.39 Å². The van der Waals surface area contributed by atoms with E-state index in [0.29, 0.717) is 12.1 Å². The molecule has 104 valence electrons. The number of nitrogens with one attached hydrogen (secondary N) is 1. The van der Waals surface area contributed by atoms with Gasteiger partial charge in [0.25, 0.3) is 5.91 Å². The first-order chi connectivity index (χ1) is 10.2. The number of rotatable bonds is 3. The zero-order valence-electron chi connectivity index (χ0n) is 11.2. The number of aromatic nitrogens is 1. The number of pyridine rings is 1. The van der Waals surface area contributed by atoms with Crippen LogP contribution in [0, 0.1) is 5.82 Å². The number of amides is 1. The summed E-state index contributed by atoms with van der Waals surface area (Å²) in [6.07, 6.45) is 0. The number of para-hydroxylation sites is 1. The molecular weight excluding hydrogens is 267 g/mol. The van der Waals surface area contributed by atoms with E-state index in [2.05, 4.69) is 10.3 Å². The van der Waals surface area contributed by atoms with Gasteiger partial charge in [0.15, 0.2) is 0 Å². The summed E-state index contributed by atoms with van der Waals surface area (Å²) in [5.74, 6) is -0.604. The standard InChI is InChI=1S/C17H13FN2O/c18-14-8-5-13(6-9-14)17(21)19-11-15-10-7-12-3-1-2-4-16(12)20-15/h1-10H,11H2,(H,19,21). The second kappa shape index (κ2) is 5.71. The lowest BCUT2D eigenvalue weighted by Crippen LogP contribution is -2.23. The molecular formula is C17H13FN2O. The molecule has 0 saturated carbocycles. The summed E-state index contributed by atoms with van der Waals surface area (Å²) in [6, 6.07) is 17.1. The third-order valence-electron chi connectivity index (χ3n) is 3.19. The number of hydrogen-bond acceptors (Lipinski definition) is 2. The molecule has 3 aromatic rings. The van der Waals surface area contributed by atoms with Crippen LogP contribution in [0.15, 0.2) is 60.7 Å². The maximum Gasteiger partial charge on any atom is 0.251 e. The molecule has 4 heteroatoms. The van der Waals surface area contributed by atoms with Crippen LogP contribution in [0.25, 0.3) is 10.9 Å². The Balaban J connectivity index is 1.71. The molecule has 0 aliphatic heterocycles. The normalized spacial score (nSPS) is 10.5. The van der Waals surface area contributed by atoms with Gasteiger partial charge in [0.2, 0.25) is 0 Å². The largest absolute Gasteiger partial charge is 0.346 e. The van der Waals surface area contributed by atoms with E-state index < -0.39 is 0 Å². The monoisotopic (exact) mass is 280 g/mol. The van der Waals surface area contributed by atoms with Crippen molar-refractivity contribution in [2.75, 3.05) is 0 Å². The lowest BCUT2D eigenvalue weighted by molar-refractivity contribution is 0.0950. The predicted octanol–water partition coefficient (Wildman–Crippen LogP) is 3.30. The van der Waals surface area contributed by atoms with E-state index in [0.717, 1.165) is 16.6 Å². The van der Waals surface area contributed by atoms with Gasteiger partial charge in [-0.05, 0) is 36.4 Å². The molecule has 0 fully saturated rings. The quantitative estimate of drug-likeness (QED) is 0.799. The maximum atomic E-state index is 12.8. The van der Waals surface area contributed by atoms with Crippen molar-refractivity contribution in [1.29, 1.82) is 0 Å². The molecule has 0 bridgehead atoms. The second-order valence-electron chi connectivity index (χ2n) is 4.68. The van der Waals surface area contributed by atoms with Crippen molar-refractivity contribution < 1.29 is 9.18 Å². The third kappa shape index (κ3) is 3.05. The lowest BCUT2D eigenvalue weighted by atomic mass is 10.2. The van der Waals surface area contributed by atoms with Crippen LogP contribution in [0.2, 0.25) is 0 Å². The average Bonchev–Trinajstić information content (AvgIpc) is 2.53. The van der Waals surface area contributed by atoms with Crippen molar-refractivity contribution in [3.8, 4) is 0 Å². The number of benzene rings is 2. The van der Waals surface area contributed by atoms with E-state index in [-0.39, 0.29) is 11.7 Å². The molecule has 0 aliphatic carbocycles. The Hall–Kier alpha value is -2.75. The summed E-state index contributed by atoms with van der Waals surface area (Å²) in [5.41, 5.74) is 2.10. The Morgan fingerprint density at radius 1 is 1.00 bits per heavy atom. The minimum atomic E-state index is -0.359. The molecule has 3 nitrogen and oxygen atoms in total. The van der Waals surface area contributed by atoms with Crippen molar-refractivity contribution in [3.63, 3.8) is 0 Å². The highest BCUT2D eigenvalue weighted by Crippen LogP contribution is 2.11. The molecule has 1 heterocycles. The van der Waals surface area contributed by atoms with Gasteiger partial charge in [0.1, 0.15) is 5.82 Å². The fourth-order valence-electron chi connectivity index (χ4n) is 2.08. The van der Waals surface area contributed by atoms with E-state index in [1.165, 1.54) is 24.3 Å². The van der Waals surface area contributed by atoms with Crippen molar-refractivity contribution >= 4 is 16.8 Å². The molecule has 1 amide bonds. The number of carbonyl (C=O) groups excluding carboxylic acids is 1. The van der Waals surface area contributed by atoms with Gasteiger partial charge >= 0.3 is 0 Å². The molecule has 0 spiro atoms. The highest BCUT2D eigenvalue weighted by molar-refractivity contribution is 5.94. The predicted molar refractivity (Wildman–Crippen MR) is 79.3 cm³/mol. The zero-order chi connectivity index (χ0) is 14.7. The number of halogens is 1. The summed E-state index contributed by atoms with van der Waals surface area (Å²) < 4.78 is 12.8. The highest BCUT2D eigenvalue weighted by Gasteiger charge is 2.06. The van der Waals surface area contributed by atoms with Crippen LogP contribution in [0.1, 0.15) is 16.1 Å². The molecule has 2 aromatic carbocycles. The minimum absolute atomic E-state index is 0.245. The molecule has 21 heavy (non-hydrogen) atoms. The summed E-state index contributed by atoms with van der Waals surface area (Å²) in [5, 5.41) is 3.84. The molecule has 3 rings (SSSR count). The van der Waals surface area contributed by atoms with Gasteiger partial charge in [-0.2, -0.15) is 0 Å². The molecule has 0 saturated heterocycles. The highest BCUT2D eigenvalue weighted by atomic mass is 19.1. The molecule has 1 aromatic heterocycles. The van der Waals surface area contributed by atoms with Crippen LogP contribution in [0.4, 0.5) is 4.39 Å². The van der Waals surface area contributed by atoms with Crippen LogP contribution in [-0.2, 0) is 6.54 Å². The molecule has 0 radical (unpaired) electrons. The summed E-state index contributed by atoms with van der Waals surface area (Å²) in [4.78, 5) is 16.4. The van der Waals surface area contributed by atoms with Gasteiger partial charge < -0.3 is 5.32 Å². The topological polar surface area (TPSA) is 42.0 Å². The van der Waals surface area contributed by atoms with Crippen LogP contribution >= 0.6 is 0 Å². The summed E-state index contributed by atoms with van der Waals surface area (Å²) >= 11 is 0. The average molecular weight is 280 g/mol. The molecule has 0 atom stereocenters. The van der Waals surface area contributed by atoms with Crippen molar-refractivity contribution in [1.82, 2.24) is 10.3 Å². The Morgan fingerprint density at radius 3 is 2.57 bits per heavy atom. The van der Waals surface area contributed by atoms with Gasteiger partial charge in [-0.3, -0.25) is 9.78 Å². The molecule has 1 N–H and O–H groups in total.